The summed E-state index contributed by atoms with van der Waals surface area (Å²) in [5, 5.41) is 3.46. The number of ether oxygens (including phenoxy) is 1. The summed E-state index contributed by atoms with van der Waals surface area (Å²) in [5.74, 6) is 0. The van der Waals surface area contributed by atoms with Gasteiger partial charge in [0.25, 0.3) is 0 Å². The van der Waals surface area contributed by atoms with Crippen molar-refractivity contribution in [3.05, 3.63) is 0 Å². The monoisotopic (exact) mass is 268 g/mol. The van der Waals surface area contributed by atoms with Crippen LogP contribution in [0.25, 0.3) is 0 Å². The molecule has 2 fully saturated rings. The van der Waals surface area contributed by atoms with Gasteiger partial charge in [0, 0.05) is 26.2 Å². The van der Waals surface area contributed by atoms with Crippen LogP contribution in [0.4, 0.5) is 0 Å². The van der Waals surface area contributed by atoms with Crippen LogP contribution in [0.15, 0.2) is 0 Å². The summed E-state index contributed by atoms with van der Waals surface area (Å²) in [6.07, 6.45) is 9.26. The van der Waals surface area contributed by atoms with Crippen LogP contribution in [-0.2, 0) is 4.74 Å². The topological polar surface area (TPSA) is 24.5 Å². The molecule has 3 nitrogen and oxygen atoms in total. The van der Waals surface area contributed by atoms with Gasteiger partial charge in [-0.1, -0.05) is 25.7 Å². The molecule has 0 aromatic rings. The molecule has 1 saturated heterocycles. The van der Waals surface area contributed by atoms with E-state index >= 15 is 0 Å². The predicted octanol–water partition coefficient (Wildman–Crippen LogP) is 2.66. The lowest BCUT2D eigenvalue weighted by Gasteiger charge is -2.42. The van der Waals surface area contributed by atoms with Gasteiger partial charge in [-0.3, -0.25) is 4.90 Å². The van der Waals surface area contributed by atoms with E-state index < -0.39 is 0 Å². The molecule has 2 rings (SSSR count). The van der Waals surface area contributed by atoms with Crippen molar-refractivity contribution < 1.29 is 4.74 Å². The summed E-state index contributed by atoms with van der Waals surface area (Å²) in [6, 6.07) is 0. The zero-order chi connectivity index (χ0) is 13.7. The minimum atomic E-state index is 0.390. The lowest BCUT2D eigenvalue weighted by atomic mass is 9.79. The summed E-state index contributed by atoms with van der Waals surface area (Å²) in [7, 11) is 2.11. The molecule has 2 aliphatic rings. The van der Waals surface area contributed by atoms with E-state index in [2.05, 4.69) is 31.1 Å². The van der Waals surface area contributed by atoms with Crippen molar-refractivity contribution in [1.82, 2.24) is 10.2 Å². The van der Waals surface area contributed by atoms with Gasteiger partial charge in [-0.2, -0.15) is 0 Å². The molecule has 0 aromatic heterocycles. The molecular formula is C16H32N2O. The van der Waals surface area contributed by atoms with Crippen LogP contribution >= 0.6 is 0 Å². The van der Waals surface area contributed by atoms with Gasteiger partial charge in [-0.05, 0) is 39.2 Å². The minimum Gasteiger partial charge on any atom is -0.373 e. The van der Waals surface area contributed by atoms with Gasteiger partial charge in [0.1, 0.15) is 0 Å². The van der Waals surface area contributed by atoms with E-state index in [1.54, 1.807) is 0 Å². The normalized spacial score (nSPS) is 33.0. The fraction of sp³-hybridized carbons (Fsp3) is 1.00. The maximum Gasteiger partial charge on any atom is 0.0678 e. The highest BCUT2D eigenvalue weighted by molar-refractivity contribution is 4.88. The standard InChI is InChI=1S/C16H32N2O/c1-14-10-18(11-15(2)19-14)13-16(12-17-3)8-6-4-5-7-9-16/h14-15,17H,4-13H2,1-3H3/t14-,15+. The smallest absolute Gasteiger partial charge is 0.0678 e. The fourth-order valence-electron chi connectivity index (χ4n) is 4.13. The average molecular weight is 268 g/mol. The van der Waals surface area contributed by atoms with Crippen LogP contribution < -0.4 is 5.32 Å². The van der Waals surface area contributed by atoms with Crippen molar-refractivity contribution in [2.75, 3.05) is 33.2 Å². The van der Waals surface area contributed by atoms with Crippen LogP contribution in [-0.4, -0.2) is 50.3 Å². The lowest BCUT2D eigenvalue weighted by Crippen LogP contribution is -2.51. The number of rotatable bonds is 4. The Balaban J connectivity index is 1.98. The molecule has 1 N–H and O–H groups in total. The zero-order valence-electron chi connectivity index (χ0n) is 13.1. The molecule has 1 aliphatic carbocycles. The molecule has 2 atom stereocenters. The average Bonchev–Trinajstić information content (AvgIpc) is 2.54. The molecule has 112 valence electrons. The van der Waals surface area contributed by atoms with Crippen LogP contribution in [0.2, 0.25) is 0 Å². The highest BCUT2D eigenvalue weighted by Gasteiger charge is 2.34. The van der Waals surface area contributed by atoms with Gasteiger partial charge in [-0.15, -0.1) is 0 Å². The van der Waals surface area contributed by atoms with E-state index in [0.717, 1.165) is 13.1 Å². The molecule has 0 aromatic carbocycles. The van der Waals surface area contributed by atoms with E-state index in [1.807, 2.05) is 0 Å². The summed E-state index contributed by atoms with van der Waals surface area (Å²) >= 11 is 0. The molecule has 0 bridgehead atoms. The van der Waals surface area contributed by atoms with Gasteiger partial charge in [0.15, 0.2) is 0 Å². The Morgan fingerprint density at radius 3 is 2.16 bits per heavy atom. The van der Waals surface area contributed by atoms with E-state index in [9.17, 15) is 0 Å². The van der Waals surface area contributed by atoms with Crippen LogP contribution in [0, 0.1) is 5.41 Å². The van der Waals surface area contributed by atoms with Gasteiger partial charge in [0.05, 0.1) is 12.2 Å². The first-order valence-electron chi connectivity index (χ1n) is 8.16. The Labute approximate surface area is 119 Å². The SMILES string of the molecule is CNCC1(CN2C[C@@H](C)O[C@@H](C)C2)CCCCCC1. The third-order valence-electron chi connectivity index (χ3n) is 4.77. The van der Waals surface area contributed by atoms with Crippen molar-refractivity contribution in [3.63, 3.8) is 0 Å². The second kappa shape index (κ2) is 7.05. The molecule has 1 saturated carbocycles. The molecule has 0 amide bonds. The van der Waals surface area contributed by atoms with Gasteiger partial charge in [-0.25, -0.2) is 0 Å². The molecule has 1 heterocycles. The molecule has 1 aliphatic heterocycles. The van der Waals surface area contributed by atoms with E-state index in [-0.39, 0.29) is 0 Å². The first-order chi connectivity index (χ1) is 9.13. The van der Waals surface area contributed by atoms with Gasteiger partial charge < -0.3 is 10.1 Å². The third-order valence-corrected chi connectivity index (χ3v) is 4.77. The zero-order valence-corrected chi connectivity index (χ0v) is 13.1. The maximum absolute atomic E-state index is 5.87. The van der Waals surface area contributed by atoms with Crippen molar-refractivity contribution in [2.45, 2.75) is 64.6 Å². The van der Waals surface area contributed by atoms with Crippen LogP contribution in [0.1, 0.15) is 52.4 Å². The van der Waals surface area contributed by atoms with Gasteiger partial charge >= 0.3 is 0 Å². The molecule has 19 heavy (non-hydrogen) atoms. The number of nitrogens with zero attached hydrogens (tertiary/aromatic N) is 1. The number of hydrogen-bond acceptors (Lipinski definition) is 3. The first-order valence-corrected chi connectivity index (χ1v) is 8.16. The predicted molar refractivity (Wildman–Crippen MR) is 80.5 cm³/mol. The molecule has 3 heteroatoms. The molecule has 0 spiro atoms. The minimum absolute atomic E-state index is 0.390. The summed E-state index contributed by atoms with van der Waals surface area (Å²) in [6.45, 7) is 9.06. The van der Waals surface area contributed by atoms with Gasteiger partial charge in [0.2, 0.25) is 0 Å². The Hall–Kier alpha value is -0.120. The molecule has 0 unspecified atom stereocenters. The van der Waals surface area contributed by atoms with Crippen molar-refractivity contribution in [1.29, 1.82) is 0 Å². The molecule has 0 radical (unpaired) electrons. The number of hydrogen-bond donors (Lipinski definition) is 1. The Morgan fingerprint density at radius 1 is 1.05 bits per heavy atom. The quantitative estimate of drug-likeness (QED) is 0.793. The van der Waals surface area contributed by atoms with E-state index in [4.69, 9.17) is 4.74 Å². The number of nitrogens with one attached hydrogen (secondary N) is 1. The Bertz CT molecular complexity index is 251. The first kappa shape index (κ1) is 15.3. The summed E-state index contributed by atoms with van der Waals surface area (Å²) in [4.78, 5) is 2.65. The Kier molecular flexibility index (Phi) is 5.67. The fourth-order valence-corrected chi connectivity index (χ4v) is 4.13. The van der Waals surface area contributed by atoms with E-state index in [0.29, 0.717) is 17.6 Å². The summed E-state index contributed by atoms with van der Waals surface area (Å²) in [5.41, 5.74) is 0.502. The highest BCUT2D eigenvalue weighted by atomic mass is 16.5. The molecular weight excluding hydrogens is 236 g/mol. The largest absolute Gasteiger partial charge is 0.373 e. The van der Waals surface area contributed by atoms with Crippen molar-refractivity contribution in [2.24, 2.45) is 5.41 Å². The van der Waals surface area contributed by atoms with E-state index in [1.165, 1.54) is 51.6 Å². The summed E-state index contributed by atoms with van der Waals surface area (Å²) < 4.78 is 5.87. The van der Waals surface area contributed by atoms with Crippen LogP contribution in [0.3, 0.4) is 0 Å². The van der Waals surface area contributed by atoms with Crippen molar-refractivity contribution in [3.8, 4) is 0 Å². The highest BCUT2D eigenvalue weighted by Crippen LogP contribution is 2.36. The Morgan fingerprint density at radius 2 is 1.63 bits per heavy atom. The van der Waals surface area contributed by atoms with Crippen LogP contribution in [0.5, 0.6) is 0 Å². The second-order valence-corrected chi connectivity index (χ2v) is 6.90. The maximum atomic E-state index is 5.87. The number of morpholine rings is 1. The third kappa shape index (κ3) is 4.44. The lowest BCUT2D eigenvalue weighted by molar-refractivity contribution is -0.0787. The second-order valence-electron chi connectivity index (χ2n) is 6.90. The van der Waals surface area contributed by atoms with Crippen molar-refractivity contribution >= 4 is 0 Å².